The maximum Gasteiger partial charge on any atom is 0.306 e. The first-order valence-corrected chi connectivity index (χ1v) is 9.99. The maximum absolute atomic E-state index is 11.6. The van der Waals surface area contributed by atoms with Crippen LogP contribution in [0.1, 0.15) is 39.5 Å². The zero-order valence-electron chi connectivity index (χ0n) is 12.1. The van der Waals surface area contributed by atoms with Gasteiger partial charge in [-0.3, -0.25) is 9.59 Å². The van der Waals surface area contributed by atoms with Gasteiger partial charge in [-0.1, -0.05) is 11.8 Å². The van der Waals surface area contributed by atoms with Crippen LogP contribution in [0.25, 0.3) is 0 Å². The quantitative estimate of drug-likeness (QED) is 0.716. The van der Waals surface area contributed by atoms with Crippen molar-refractivity contribution < 1.29 is 14.3 Å². The fourth-order valence-corrected chi connectivity index (χ4v) is 7.77. The van der Waals surface area contributed by atoms with Crippen LogP contribution < -0.4 is 0 Å². The second-order valence-electron chi connectivity index (χ2n) is 5.38. The van der Waals surface area contributed by atoms with E-state index in [2.05, 4.69) is 0 Å². The monoisotopic (exact) mass is 334 g/mol. The highest BCUT2D eigenvalue weighted by Crippen LogP contribution is 2.59. The van der Waals surface area contributed by atoms with Crippen LogP contribution in [0.3, 0.4) is 0 Å². The zero-order valence-corrected chi connectivity index (χ0v) is 14.5. The third-order valence-electron chi connectivity index (χ3n) is 3.68. The summed E-state index contributed by atoms with van der Waals surface area (Å²) in [7, 11) is 0. The molecule has 2 aliphatic rings. The fourth-order valence-electron chi connectivity index (χ4n) is 2.85. The molecule has 3 atom stereocenters. The van der Waals surface area contributed by atoms with E-state index in [1.165, 1.54) is 18.2 Å². The Morgan fingerprint density at radius 1 is 1.45 bits per heavy atom. The number of hydrogen-bond donors (Lipinski definition) is 0. The lowest BCUT2D eigenvalue weighted by Crippen LogP contribution is -2.15. The molecule has 6 heteroatoms. The van der Waals surface area contributed by atoms with Gasteiger partial charge in [0, 0.05) is 30.1 Å². The van der Waals surface area contributed by atoms with Crippen molar-refractivity contribution >= 4 is 46.4 Å². The van der Waals surface area contributed by atoms with E-state index < -0.39 is 0 Å². The zero-order chi connectivity index (χ0) is 14.6. The summed E-state index contributed by atoms with van der Waals surface area (Å²) in [6.07, 6.45) is 4.00. The predicted molar refractivity (Wildman–Crippen MR) is 88.3 cm³/mol. The summed E-state index contributed by atoms with van der Waals surface area (Å²) in [4.78, 5) is 22.6. The number of rotatable bonds is 5. The lowest BCUT2D eigenvalue weighted by atomic mass is 10.0. The van der Waals surface area contributed by atoms with Gasteiger partial charge >= 0.3 is 5.97 Å². The van der Waals surface area contributed by atoms with Crippen molar-refractivity contribution in [2.24, 2.45) is 5.92 Å². The lowest BCUT2D eigenvalue weighted by molar-refractivity contribution is -0.144. The van der Waals surface area contributed by atoms with E-state index in [1.54, 1.807) is 6.92 Å². The number of ether oxygens (including phenoxy) is 1. The first kappa shape index (κ1) is 16.6. The van der Waals surface area contributed by atoms with E-state index in [9.17, 15) is 9.59 Å². The van der Waals surface area contributed by atoms with E-state index in [1.807, 2.05) is 30.4 Å². The molecule has 1 spiro atoms. The van der Waals surface area contributed by atoms with Crippen molar-refractivity contribution in [1.29, 1.82) is 0 Å². The minimum atomic E-state index is -0.0498. The van der Waals surface area contributed by atoms with Crippen molar-refractivity contribution in [2.75, 3.05) is 18.1 Å². The van der Waals surface area contributed by atoms with Crippen LogP contribution in [0.15, 0.2) is 0 Å². The summed E-state index contributed by atoms with van der Waals surface area (Å²) in [6, 6.07) is 0. The molecule has 2 fully saturated rings. The highest BCUT2D eigenvalue weighted by Gasteiger charge is 2.46. The molecule has 3 unspecified atom stereocenters. The smallest absolute Gasteiger partial charge is 0.306 e. The molecule has 0 bridgehead atoms. The third kappa shape index (κ3) is 4.60. The number of hydrogen-bond acceptors (Lipinski definition) is 6. The van der Waals surface area contributed by atoms with Gasteiger partial charge < -0.3 is 4.74 Å². The summed E-state index contributed by atoms with van der Waals surface area (Å²) < 4.78 is 5.35. The second-order valence-corrected chi connectivity index (χ2v) is 9.92. The fraction of sp³-hybridized carbons (Fsp3) is 0.857. The van der Waals surface area contributed by atoms with Crippen LogP contribution in [-0.2, 0) is 14.3 Å². The van der Waals surface area contributed by atoms with Crippen LogP contribution in [0.4, 0.5) is 0 Å². The molecule has 1 aliphatic heterocycles. The van der Waals surface area contributed by atoms with Crippen LogP contribution in [0.2, 0.25) is 0 Å². The van der Waals surface area contributed by atoms with Crippen molar-refractivity contribution in [3.8, 4) is 0 Å². The highest BCUT2D eigenvalue weighted by atomic mass is 32.2. The second kappa shape index (κ2) is 7.45. The Morgan fingerprint density at radius 2 is 2.25 bits per heavy atom. The molecule has 114 valence electrons. The third-order valence-corrected chi connectivity index (χ3v) is 8.65. The Bertz CT molecular complexity index is 375. The summed E-state index contributed by atoms with van der Waals surface area (Å²) in [5, 5.41) is 0.790. The molecule has 0 aromatic rings. The average Bonchev–Trinajstić information content (AvgIpc) is 2.95. The molecule has 20 heavy (non-hydrogen) atoms. The normalized spacial score (nSPS) is 32.7. The summed E-state index contributed by atoms with van der Waals surface area (Å²) in [6.45, 7) is 3.97. The number of carbonyl (C=O) groups excluding carboxylic acids is 2. The van der Waals surface area contributed by atoms with Crippen molar-refractivity contribution in [3.05, 3.63) is 0 Å². The van der Waals surface area contributed by atoms with E-state index in [4.69, 9.17) is 4.74 Å². The number of carbonyl (C=O) groups is 2. The lowest BCUT2D eigenvalue weighted by Gasteiger charge is -2.22. The molecule has 1 saturated carbocycles. The van der Waals surface area contributed by atoms with Gasteiger partial charge in [-0.25, -0.2) is 0 Å². The molecule has 0 radical (unpaired) electrons. The highest BCUT2D eigenvalue weighted by molar-refractivity contribution is 8.22. The molecular weight excluding hydrogens is 312 g/mol. The van der Waals surface area contributed by atoms with Gasteiger partial charge in [-0.05, 0) is 32.1 Å². The van der Waals surface area contributed by atoms with Crippen molar-refractivity contribution in [3.63, 3.8) is 0 Å². The molecule has 1 heterocycles. The standard InChI is InChI=1S/C14H22O3S3/c1-3-17-13(16)6-11-4-5-14(7-11)19-9-12(20-14)8-18-10(2)15/h11-12H,3-9H2,1-2H3. The molecule has 0 aromatic carbocycles. The van der Waals surface area contributed by atoms with E-state index in [-0.39, 0.29) is 11.1 Å². The van der Waals surface area contributed by atoms with Crippen molar-refractivity contribution in [2.45, 2.75) is 48.9 Å². The van der Waals surface area contributed by atoms with Gasteiger partial charge in [0.05, 0.1) is 10.7 Å². The first-order valence-electron chi connectivity index (χ1n) is 7.14. The average molecular weight is 335 g/mol. The Hall–Kier alpha value is 0.190. The Morgan fingerprint density at radius 3 is 2.95 bits per heavy atom. The first-order chi connectivity index (χ1) is 9.53. The van der Waals surface area contributed by atoms with Crippen LogP contribution in [-0.4, -0.2) is 38.5 Å². The van der Waals surface area contributed by atoms with Crippen LogP contribution in [0, 0.1) is 5.92 Å². The molecule has 1 aliphatic carbocycles. The Balaban J connectivity index is 1.77. The summed E-state index contributed by atoms with van der Waals surface area (Å²) >= 11 is 5.53. The summed E-state index contributed by atoms with van der Waals surface area (Å²) in [5.41, 5.74) is 0. The largest absolute Gasteiger partial charge is 0.466 e. The molecular formula is C14H22O3S3. The molecule has 1 saturated heterocycles. The minimum absolute atomic E-state index is 0.0498. The SMILES string of the molecule is CCOC(=O)CC1CCC2(C1)SCC(CSC(C)=O)S2. The van der Waals surface area contributed by atoms with Crippen LogP contribution in [0.5, 0.6) is 0 Å². The molecule has 0 N–H and O–H groups in total. The van der Waals surface area contributed by atoms with Crippen molar-refractivity contribution in [1.82, 2.24) is 0 Å². The van der Waals surface area contributed by atoms with Gasteiger partial charge in [-0.15, -0.1) is 23.5 Å². The van der Waals surface area contributed by atoms with E-state index in [0.717, 1.165) is 24.3 Å². The Labute approximate surface area is 133 Å². The molecule has 3 nitrogen and oxygen atoms in total. The van der Waals surface area contributed by atoms with Gasteiger partial charge in [0.15, 0.2) is 5.12 Å². The maximum atomic E-state index is 11.6. The topological polar surface area (TPSA) is 43.4 Å². The van der Waals surface area contributed by atoms with E-state index in [0.29, 0.717) is 28.3 Å². The minimum Gasteiger partial charge on any atom is -0.466 e. The number of esters is 1. The number of thioether (sulfide) groups is 3. The molecule has 2 rings (SSSR count). The van der Waals surface area contributed by atoms with E-state index >= 15 is 0 Å². The van der Waals surface area contributed by atoms with Gasteiger partial charge in [-0.2, -0.15) is 0 Å². The predicted octanol–water partition coefficient (Wildman–Crippen LogP) is 3.56. The van der Waals surface area contributed by atoms with Crippen LogP contribution >= 0.6 is 35.3 Å². The molecule has 0 aromatic heterocycles. The van der Waals surface area contributed by atoms with Gasteiger partial charge in [0.1, 0.15) is 0 Å². The van der Waals surface area contributed by atoms with Gasteiger partial charge in [0.2, 0.25) is 0 Å². The Kier molecular flexibility index (Phi) is 6.17. The van der Waals surface area contributed by atoms with Gasteiger partial charge in [0.25, 0.3) is 0 Å². The molecule has 0 amide bonds. The summed E-state index contributed by atoms with van der Waals surface area (Å²) in [5.74, 6) is 2.49.